The van der Waals surface area contributed by atoms with E-state index in [9.17, 15) is 23.1 Å². The molecule has 0 spiro atoms. The Balaban J connectivity index is 1.59. The Bertz CT molecular complexity index is 1530. The molecule has 5 rings (SSSR count). The van der Waals surface area contributed by atoms with Gasteiger partial charge in [0.05, 0.1) is 23.4 Å². The van der Waals surface area contributed by atoms with Gasteiger partial charge in [0.1, 0.15) is 10.8 Å². The molecule has 1 unspecified atom stereocenters. The van der Waals surface area contributed by atoms with Gasteiger partial charge in [-0.15, -0.1) is 11.3 Å². The van der Waals surface area contributed by atoms with Crippen molar-refractivity contribution in [2.45, 2.75) is 50.4 Å². The second kappa shape index (κ2) is 9.15. The fourth-order valence-electron chi connectivity index (χ4n) is 5.07. The van der Waals surface area contributed by atoms with Gasteiger partial charge in [0.2, 0.25) is 5.43 Å². The van der Waals surface area contributed by atoms with Crippen LogP contribution in [0.4, 0.5) is 13.2 Å². The number of hydrogen-bond acceptors (Lipinski definition) is 5. The molecule has 1 aromatic carbocycles. The molecule has 37 heavy (non-hydrogen) atoms. The second-order valence-corrected chi connectivity index (χ2v) is 11.3. The van der Waals surface area contributed by atoms with E-state index in [4.69, 9.17) is 16.3 Å². The lowest BCUT2D eigenvalue weighted by Gasteiger charge is -2.39. The van der Waals surface area contributed by atoms with E-state index < -0.39 is 35.6 Å². The number of rotatable bonds is 6. The fraction of sp³-hybridized carbons (Fsp3) is 0.333. The molecular weight excluding hydrogens is 525 g/mol. The molecule has 0 radical (unpaired) electrons. The highest BCUT2D eigenvalue weighted by Gasteiger charge is 2.56. The lowest BCUT2D eigenvalue weighted by Crippen LogP contribution is -2.52. The van der Waals surface area contributed by atoms with Crippen molar-refractivity contribution in [3.63, 3.8) is 0 Å². The van der Waals surface area contributed by atoms with Crippen molar-refractivity contribution < 1.29 is 23.0 Å². The molecule has 1 atom stereocenters. The number of ether oxygens (including phenoxy) is 1. The summed E-state index contributed by atoms with van der Waals surface area (Å²) in [5, 5.41) is 12.7. The SMILES string of the molecule is CC(C)(CC(O)(Cn1cc(Cl)c(=O)c2sccc21)C(F)(F)F)c1cc(-c2cccnc2)cc2c1OCC2. The number of thiophene rings is 1. The van der Waals surface area contributed by atoms with Crippen LogP contribution < -0.4 is 10.2 Å². The summed E-state index contributed by atoms with van der Waals surface area (Å²) in [6.07, 6.45) is -0.457. The Morgan fingerprint density at radius 2 is 2.00 bits per heavy atom. The van der Waals surface area contributed by atoms with Crippen molar-refractivity contribution in [3.8, 4) is 16.9 Å². The van der Waals surface area contributed by atoms with Gasteiger partial charge in [-0.3, -0.25) is 9.78 Å². The molecule has 1 aliphatic heterocycles. The second-order valence-electron chi connectivity index (χ2n) is 10.0. The maximum Gasteiger partial charge on any atom is 0.418 e. The van der Waals surface area contributed by atoms with Gasteiger partial charge in [-0.05, 0) is 52.6 Å². The van der Waals surface area contributed by atoms with Crippen molar-refractivity contribution in [1.29, 1.82) is 0 Å². The third-order valence-corrected chi connectivity index (χ3v) is 8.02. The molecule has 1 aliphatic rings. The quantitative estimate of drug-likeness (QED) is 0.304. The lowest BCUT2D eigenvalue weighted by atomic mass is 9.73. The zero-order valence-corrected chi connectivity index (χ0v) is 21.7. The molecule has 10 heteroatoms. The number of pyridine rings is 2. The topological polar surface area (TPSA) is 64.4 Å². The zero-order valence-electron chi connectivity index (χ0n) is 20.1. The largest absolute Gasteiger partial charge is 0.493 e. The standard InChI is InChI=1S/C27H24ClF3N2O3S/c1-25(2,19-11-18(17-4-3-7-32-12-17)10-16-5-8-36-23(16)19)14-26(35,27(29,30)31)15-33-13-20(28)22(34)24-21(33)6-9-37-24/h3-4,6-7,9-13,35H,5,8,14-15H2,1-2H3. The van der Waals surface area contributed by atoms with Crippen molar-refractivity contribution in [3.05, 3.63) is 80.7 Å². The van der Waals surface area contributed by atoms with Gasteiger partial charge in [-0.2, -0.15) is 13.2 Å². The van der Waals surface area contributed by atoms with Crippen molar-refractivity contribution in [1.82, 2.24) is 9.55 Å². The van der Waals surface area contributed by atoms with E-state index in [-0.39, 0.29) is 9.72 Å². The van der Waals surface area contributed by atoms with E-state index in [0.717, 1.165) is 34.2 Å². The van der Waals surface area contributed by atoms with Crippen LogP contribution in [0.1, 0.15) is 31.4 Å². The average molecular weight is 549 g/mol. The van der Waals surface area contributed by atoms with Crippen LogP contribution in [0.2, 0.25) is 5.02 Å². The highest BCUT2D eigenvalue weighted by molar-refractivity contribution is 7.17. The van der Waals surface area contributed by atoms with Gasteiger partial charge in [-0.25, -0.2) is 0 Å². The van der Waals surface area contributed by atoms with Crippen LogP contribution in [0.5, 0.6) is 5.75 Å². The highest BCUT2D eigenvalue weighted by Crippen LogP contribution is 2.47. The van der Waals surface area contributed by atoms with Crippen molar-refractivity contribution in [2.75, 3.05) is 6.61 Å². The van der Waals surface area contributed by atoms with Crippen LogP contribution in [0.25, 0.3) is 21.3 Å². The molecule has 0 saturated carbocycles. The van der Waals surface area contributed by atoms with Gasteiger partial charge < -0.3 is 14.4 Å². The molecule has 4 heterocycles. The first-order chi connectivity index (χ1) is 17.4. The van der Waals surface area contributed by atoms with Gasteiger partial charge in [0.15, 0.2) is 5.60 Å². The Labute approximate surface area is 220 Å². The van der Waals surface area contributed by atoms with Crippen LogP contribution >= 0.6 is 22.9 Å². The zero-order chi connectivity index (χ0) is 26.6. The number of fused-ring (bicyclic) bond motifs is 2. The molecular formula is C27H24ClF3N2O3S. The smallest absolute Gasteiger partial charge is 0.418 e. The van der Waals surface area contributed by atoms with E-state index in [2.05, 4.69) is 4.98 Å². The number of aromatic nitrogens is 2. The van der Waals surface area contributed by atoms with E-state index in [1.807, 2.05) is 18.2 Å². The van der Waals surface area contributed by atoms with E-state index in [1.54, 1.807) is 43.8 Å². The number of alkyl halides is 3. The number of benzene rings is 1. The summed E-state index contributed by atoms with van der Waals surface area (Å²) >= 11 is 7.15. The number of aliphatic hydroxyl groups is 1. The monoisotopic (exact) mass is 548 g/mol. The summed E-state index contributed by atoms with van der Waals surface area (Å²) in [6, 6.07) is 9.04. The molecule has 5 nitrogen and oxygen atoms in total. The summed E-state index contributed by atoms with van der Waals surface area (Å²) in [6.45, 7) is 2.96. The first-order valence-electron chi connectivity index (χ1n) is 11.7. The predicted octanol–water partition coefficient (Wildman–Crippen LogP) is 6.37. The Hall–Kier alpha value is -2.88. The summed E-state index contributed by atoms with van der Waals surface area (Å²) in [7, 11) is 0. The Kier molecular flexibility index (Phi) is 6.37. The minimum absolute atomic E-state index is 0.200. The van der Waals surface area contributed by atoms with Crippen LogP contribution in [-0.4, -0.2) is 33.0 Å². The number of nitrogens with zero attached hydrogens (tertiary/aromatic N) is 2. The van der Waals surface area contributed by atoms with Crippen LogP contribution in [0.3, 0.4) is 0 Å². The maximum absolute atomic E-state index is 14.6. The fourth-order valence-corrected chi connectivity index (χ4v) is 6.19. The summed E-state index contributed by atoms with van der Waals surface area (Å²) in [4.78, 5) is 16.5. The molecule has 0 aliphatic carbocycles. The minimum Gasteiger partial charge on any atom is -0.493 e. The minimum atomic E-state index is -4.97. The molecule has 3 aromatic heterocycles. The third kappa shape index (κ3) is 4.64. The van der Waals surface area contributed by atoms with E-state index in [0.29, 0.717) is 29.9 Å². The first-order valence-corrected chi connectivity index (χ1v) is 12.9. The Morgan fingerprint density at radius 1 is 1.22 bits per heavy atom. The van der Waals surface area contributed by atoms with Gasteiger partial charge in [-0.1, -0.05) is 31.5 Å². The molecule has 4 aromatic rings. The highest BCUT2D eigenvalue weighted by atomic mass is 35.5. The molecule has 0 bridgehead atoms. The lowest BCUT2D eigenvalue weighted by molar-refractivity contribution is -0.271. The molecule has 0 fully saturated rings. The van der Waals surface area contributed by atoms with Gasteiger partial charge in [0.25, 0.3) is 0 Å². The van der Waals surface area contributed by atoms with Crippen molar-refractivity contribution in [2.24, 2.45) is 0 Å². The van der Waals surface area contributed by atoms with Crippen LogP contribution in [-0.2, 0) is 18.4 Å². The normalized spacial score (nSPS) is 15.4. The Morgan fingerprint density at radius 3 is 2.70 bits per heavy atom. The first kappa shape index (κ1) is 25.8. The van der Waals surface area contributed by atoms with E-state index in [1.165, 1.54) is 4.57 Å². The third-order valence-electron chi connectivity index (χ3n) is 6.85. The van der Waals surface area contributed by atoms with Gasteiger partial charge >= 0.3 is 6.18 Å². The van der Waals surface area contributed by atoms with E-state index >= 15 is 0 Å². The maximum atomic E-state index is 14.6. The molecule has 194 valence electrons. The van der Waals surface area contributed by atoms with Crippen LogP contribution in [0, 0.1) is 0 Å². The van der Waals surface area contributed by atoms with Gasteiger partial charge in [0, 0.05) is 36.1 Å². The summed E-state index contributed by atoms with van der Waals surface area (Å²) in [5.74, 6) is 0.564. The number of halogens is 4. The molecule has 1 N–H and O–H groups in total. The van der Waals surface area contributed by atoms with Crippen molar-refractivity contribution >= 4 is 33.2 Å². The predicted molar refractivity (Wildman–Crippen MR) is 139 cm³/mol. The molecule has 0 saturated heterocycles. The summed E-state index contributed by atoms with van der Waals surface area (Å²) < 4.78 is 51.0. The average Bonchev–Trinajstić information content (AvgIpc) is 3.51. The number of hydrogen-bond donors (Lipinski definition) is 1. The summed E-state index contributed by atoms with van der Waals surface area (Å²) in [5.41, 5.74) is -1.27. The van der Waals surface area contributed by atoms with Crippen LogP contribution in [0.15, 0.2) is 59.1 Å². The molecule has 0 amide bonds.